The third kappa shape index (κ3) is 6.16. The number of alkyl halides is 3. The highest BCUT2D eigenvalue weighted by Crippen LogP contribution is 2.18. The van der Waals surface area contributed by atoms with Gasteiger partial charge in [-0.1, -0.05) is 23.7 Å². The highest BCUT2D eigenvalue weighted by atomic mass is 35.5. The van der Waals surface area contributed by atoms with E-state index >= 15 is 0 Å². The van der Waals surface area contributed by atoms with Gasteiger partial charge in [0.15, 0.2) is 0 Å². The van der Waals surface area contributed by atoms with Crippen molar-refractivity contribution in [1.29, 1.82) is 0 Å². The number of hydrogen-bond donors (Lipinski definition) is 1. The van der Waals surface area contributed by atoms with Crippen molar-refractivity contribution in [3.05, 3.63) is 34.9 Å². The molecule has 0 fully saturated rings. The summed E-state index contributed by atoms with van der Waals surface area (Å²) in [5.74, 6) is -1.01. The molecular weight excluding hydrogens is 255 g/mol. The summed E-state index contributed by atoms with van der Waals surface area (Å²) in [7, 11) is 0. The molecule has 1 amide bonds. The monoisotopic (exact) mass is 265 g/mol. The van der Waals surface area contributed by atoms with Crippen molar-refractivity contribution in [3.8, 4) is 0 Å². The summed E-state index contributed by atoms with van der Waals surface area (Å²) in [5, 5.41) is 2.76. The molecule has 94 valence electrons. The van der Waals surface area contributed by atoms with Crippen LogP contribution in [0.4, 0.5) is 13.2 Å². The first kappa shape index (κ1) is 13.8. The van der Waals surface area contributed by atoms with Gasteiger partial charge in [-0.05, 0) is 24.1 Å². The Balaban J connectivity index is 2.31. The summed E-state index contributed by atoms with van der Waals surface area (Å²) < 4.78 is 35.5. The van der Waals surface area contributed by atoms with Gasteiger partial charge in [-0.2, -0.15) is 13.2 Å². The summed E-state index contributed by atoms with van der Waals surface area (Å²) in [5.41, 5.74) is 0.866. The lowest BCUT2D eigenvalue weighted by molar-refractivity contribution is -0.153. The Morgan fingerprint density at radius 3 is 2.65 bits per heavy atom. The van der Waals surface area contributed by atoms with E-state index in [9.17, 15) is 18.0 Å². The molecule has 0 spiro atoms. The average Bonchev–Trinajstić information content (AvgIpc) is 2.14. The Morgan fingerprint density at radius 2 is 2.06 bits per heavy atom. The molecule has 0 saturated carbocycles. The molecular formula is C11H11ClF3NO. The van der Waals surface area contributed by atoms with Gasteiger partial charge in [-0.3, -0.25) is 4.79 Å². The summed E-state index contributed by atoms with van der Waals surface area (Å²) in [6.45, 7) is 0.162. The number of hydrogen-bond acceptors (Lipinski definition) is 1. The smallest absolute Gasteiger partial charge is 0.355 e. The van der Waals surface area contributed by atoms with E-state index in [-0.39, 0.29) is 6.54 Å². The normalized spacial score (nSPS) is 11.3. The Labute approximate surface area is 102 Å². The van der Waals surface area contributed by atoms with E-state index in [4.69, 9.17) is 11.6 Å². The molecule has 0 aliphatic carbocycles. The third-order valence-corrected chi connectivity index (χ3v) is 2.22. The molecule has 6 heteroatoms. The topological polar surface area (TPSA) is 29.1 Å². The van der Waals surface area contributed by atoms with Gasteiger partial charge >= 0.3 is 6.18 Å². The molecule has 0 aromatic heterocycles. The molecule has 17 heavy (non-hydrogen) atoms. The minimum Gasteiger partial charge on any atom is -0.355 e. The first-order chi connectivity index (χ1) is 7.87. The van der Waals surface area contributed by atoms with Crippen molar-refractivity contribution in [2.45, 2.75) is 19.0 Å². The molecule has 0 unspecified atom stereocenters. The first-order valence-electron chi connectivity index (χ1n) is 4.95. The highest BCUT2D eigenvalue weighted by molar-refractivity contribution is 6.30. The van der Waals surface area contributed by atoms with Gasteiger partial charge in [-0.25, -0.2) is 0 Å². The van der Waals surface area contributed by atoms with Crippen LogP contribution in [0.3, 0.4) is 0 Å². The predicted octanol–water partition coefficient (Wildman–Crippen LogP) is 2.95. The molecule has 0 aliphatic heterocycles. The minimum absolute atomic E-state index is 0.162. The maximum absolute atomic E-state index is 11.8. The van der Waals surface area contributed by atoms with Crippen LogP contribution in [0, 0.1) is 0 Å². The van der Waals surface area contributed by atoms with E-state index in [0.29, 0.717) is 11.4 Å². The van der Waals surface area contributed by atoms with Gasteiger partial charge in [0.2, 0.25) is 5.91 Å². The number of halogens is 4. The average molecular weight is 266 g/mol. The number of nitrogens with one attached hydrogen (secondary N) is 1. The third-order valence-electron chi connectivity index (χ3n) is 1.99. The fourth-order valence-electron chi connectivity index (χ4n) is 1.28. The van der Waals surface area contributed by atoms with Crippen LogP contribution in [-0.4, -0.2) is 18.6 Å². The van der Waals surface area contributed by atoms with Gasteiger partial charge in [0.05, 0.1) is 0 Å². The van der Waals surface area contributed by atoms with Crippen molar-refractivity contribution >= 4 is 17.5 Å². The van der Waals surface area contributed by atoms with Crippen molar-refractivity contribution < 1.29 is 18.0 Å². The zero-order valence-electron chi connectivity index (χ0n) is 8.85. The second-order valence-corrected chi connectivity index (χ2v) is 3.96. The van der Waals surface area contributed by atoms with Gasteiger partial charge in [0.25, 0.3) is 0 Å². The molecule has 1 N–H and O–H groups in total. The lowest BCUT2D eigenvalue weighted by Gasteiger charge is -2.07. The molecule has 1 aromatic carbocycles. The van der Waals surface area contributed by atoms with E-state index < -0.39 is 18.5 Å². The van der Waals surface area contributed by atoms with Crippen molar-refractivity contribution in [3.63, 3.8) is 0 Å². The highest BCUT2D eigenvalue weighted by Gasteiger charge is 2.30. The van der Waals surface area contributed by atoms with Crippen LogP contribution >= 0.6 is 11.6 Å². The number of carbonyl (C=O) groups is 1. The molecule has 2 nitrogen and oxygen atoms in total. The standard InChI is InChI=1S/C11H11ClF3NO/c12-9-3-1-2-8(6-9)4-5-16-10(17)7-11(13,14)15/h1-3,6H,4-5,7H2,(H,16,17). The minimum atomic E-state index is -4.46. The fraction of sp³-hybridized carbons (Fsp3) is 0.364. The summed E-state index contributed by atoms with van der Waals surface area (Å²) in [6, 6.07) is 6.95. The van der Waals surface area contributed by atoms with E-state index in [1.54, 1.807) is 24.3 Å². The largest absolute Gasteiger partial charge is 0.397 e. The van der Waals surface area contributed by atoms with Crippen LogP contribution in [0.25, 0.3) is 0 Å². The van der Waals surface area contributed by atoms with Crippen LogP contribution < -0.4 is 5.32 Å². The first-order valence-corrected chi connectivity index (χ1v) is 5.32. The van der Waals surface area contributed by atoms with Crippen LogP contribution in [-0.2, 0) is 11.2 Å². The Kier molecular flexibility index (Phi) is 4.81. The predicted molar refractivity (Wildman–Crippen MR) is 58.8 cm³/mol. The molecule has 0 aliphatic rings. The molecule has 0 saturated heterocycles. The Bertz CT molecular complexity index is 393. The maximum Gasteiger partial charge on any atom is 0.397 e. The lowest BCUT2D eigenvalue weighted by atomic mass is 10.1. The van der Waals surface area contributed by atoms with Gasteiger partial charge in [-0.15, -0.1) is 0 Å². The second-order valence-electron chi connectivity index (χ2n) is 3.52. The molecule has 0 atom stereocenters. The summed E-state index contributed by atoms with van der Waals surface area (Å²) in [6.07, 6.45) is -5.45. The Hall–Kier alpha value is -1.23. The van der Waals surface area contributed by atoms with Crippen molar-refractivity contribution in [1.82, 2.24) is 5.32 Å². The zero-order valence-corrected chi connectivity index (χ0v) is 9.61. The SMILES string of the molecule is O=C(CC(F)(F)F)NCCc1cccc(Cl)c1. The quantitative estimate of drug-likeness (QED) is 0.891. The van der Waals surface area contributed by atoms with Crippen molar-refractivity contribution in [2.75, 3.05) is 6.54 Å². The summed E-state index contributed by atoms with van der Waals surface area (Å²) in [4.78, 5) is 10.9. The molecule has 0 heterocycles. The molecule has 1 rings (SSSR count). The molecule has 0 radical (unpaired) electrons. The van der Waals surface area contributed by atoms with Crippen LogP contribution in [0.5, 0.6) is 0 Å². The van der Waals surface area contributed by atoms with E-state index in [1.165, 1.54) is 0 Å². The van der Waals surface area contributed by atoms with E-state index in [2.05, 4.69) is 5.32 Å². The number of amides is 1. The van der Waals surface area contributed by atoms with E-state index in [1.807, 2.05) is 0 Å². The summed E-state index contributed by atoms with van der Waals surface area (Å²) >= 11 is 5.74. The number of carbonyl (C=O) groups excluding carboxylic acids is 1. The van der Waals surface area contributed by atoms with Gasteiger partial charge in [0, 0.05) is 11.6 Å². The number of rotatable bonds is 4. The fourth-order valence-corrected chi connectivity index (χ4v) is 1.50. The van der Waals surface area contributed by atoms with Crippen molar-refractivity contribution in [2.24, 2.45) is 0 Å². The maximum atomic E-state index is 11.8. The van der Waals surface area contributed by atoms with E-state index in [0.717, 1.165) is 5.56 Å². The Morgan fingerprint density at radius 1 is 1.35 bits per heavy atom. The zero-order chi connectivity index (χ0) is 12.9. The van der Waals surface area contributed by atoms with Gasteiger partial charge in [0.1, 0.15) is 6.42 Å². The van der Waals surface area contributed by atoms with Crippen LogP contribution in [0.15, 0.2) is 24.3 Å². The molecule has 0 bridgehead atoms. The second kappa shape index (κ2) is 5.91. The molecule has 1 aromatic rings. The number of benzene rings is 1. The van der Waals surface area contributed by atoms with Crippen LogP contribution in [0.2, 0.25) is 5.02 Å². The van der Waals surface area contributed by atoms with Crippen LogP contribution in [0.1, 0.15) is 12.0 Å². The van der Waals surface area contributed by atoms with Gasteiger partial charge < -0.3 is 5.32 Å². The lowest BCUT2D eigenvalue weighted by Crippen LogP contribution is -2.30.